The predicted octanol–water partition coefficient (Wildman–Crippen LogP) is 4.09. The van der Waals surface area contributed by atoms with Crippen LogP contribution < -0.4 is 0 Å². The Hall–Kier alpha value is -0.520. The molecule has 0 fully saturated rings. The zero-order valence-corrected chi connectivity index (χ0v) is 8.49. The average molecular weight is 152 g/mol. The molecule has 0 unspecified atom stereocenters. The van der Waals surface area contributed by atoms with Gasteiger partial charge in [-0.1, -0.05) is 29.7 Å². The minimum absolute atomic E-state index is 1.13. The van der Waals surface area contributed by atoms with Crippen molar-refractivity contribution in [2.45, 2.75) is 47.5 Å². The van der Waals surface area contributed by atoms with Crippen molar-refractivity contribution in [3.63, 3.8) is 0 Å². The number of allylic oxidation sites excluding steroid dienone is 4. The molecule has 0 aromatic carbocycles. The molecule has 0 heterocycles. The van der Waals surface area contributed by atoms with Gasteiger partial charge in [0, 0.05) is 0 Å². The highest BCUT2D eigenvalue weighted by Crippen LogP contribution is 2.10. The number of hydrogen-bond acceptors (Lipinski definition) is 0. The zero-order chi connectivity index (χ0) is 8.85. The molecule has 0 saturated heterocycles. The molecular weight excluding hydrogens is 132 g/mol. The lowest BCUT2D eigenvalue weighted by molar-refractivity contribution is 1.05. The summed E-state index contributed by atoms with van der Waals surface area (Å²) in [6.07, 6.45) is 4.63. The Morgan fingerprint density at radius 2 is 1.64 bits per heavy atom. The van der Waals surface area contributed by atoms with E-state index >= 15 is 0 Å². The molecule has 0 saturated carbocycles. The number of hydrogen-bond donors (Lipinski definition) is 0. The summed E-state index contributed by atoms with van der Waals surface area (Å²) in [6, 6.07) is 0. The standard InChI is InChI=1S/C11H20/c1-6-10(4)7-8-11(5)9(2)3/h7H,6,8H2,1-5H3. The molecule has 0 aromatic rings. The lowest BCUT2D eigenvalue weighted by atomic mass is 10.1. The van der Waals surface area contributed by atoms with E-state index in [1.165, 1.54) is 23.1 Å². The largest absolute Gasteiger partial charge is 0.0816 e. The van der Waals surface area contributed by atoms with Crippen LogP contribution in [0.15, 0.2) is 22.8 Å². The fourth-order valence-electron chi connectivity index (χ4n) is 0.676. The molecule has 11 heavy (non-hydrogen) atoms. The lowest BCUT2D eigenvalue weighted by Gasteiger charge is -2.00. The molecule has 0 bridgehead atoms. The van der Waals surface area contributed by atoms with Crippen LogP contribution in [0.25, 0.3) is 0 Å². The Balaban J connectivity index is 3.99. The molecule has 0 aliphatic carbocycles. The van der Waals surface area contributed by atoms with Gasteiger partial charge in [-0.15, -0.1) is 0 Å². The van der Waals surface area contributed by atoms with Crippen molar-refractivity contribution in [2.24, 2.45) is 0 Å². The quantitative estimate of drug-likeness (QED) is 0.534. The van der Waals surface area contributed by atoms with E-state index in [-0.39, 0.29) is 0 Å². The van der Waals surface area contributed by atoms with Crippen molar-refractivity contribution in [3.05, 3.63) is 22.8 Å². The molecule has 0 spiro atoms. The summed E-state index contributed by atoms with van der Waals surface area (Å²) < 4.78 is 0. The van der Waals surface area contributed by atoms with Crippen LogP contribution in [0.5, 0.6) is 0 Å². The highest BCUT2D eigenvalue weighted by Gasteiger charge is 1.89. The van der Waals surface area contributed by atoms with Crippen LogP contribution in [0.1, 0.15) is 47.5 Å². The van der Waals surface area contributed by atoms with Gasteiger partial charge in [0.05, 0.1) is 0 Å². The van der Waals surface area contributed by atoms with Gasteiger partial charge in [0.25, 0.3) is 0 Å². The van der Waals surface area contributed by atoms with Crippen molar-refractivity contribution in [1.82, 2.24) is 0 Å². The van der Waals surface area contributed by atoms with Gasteiger partial charge in [-0.05, 0) is 40.5 Å². The fourth-order valence-corrected chi connectivity index (χ4v) is 0.676. The monoisotopic (exact) mass is 152 g/mol. The van der Waals surface area contributed by atoms with Crippen molar-refractivity contribution in [3.8, 4) is 0 Å². The van der Waals surface area contributed by atoms with E-state index in [1.807, 2.05) is 0 Å². The van der Waals surface area contributed by atoms with Crippen LogP contribution in [0.3, 0.4) is 0 Å². The molecule has 64 valence electrons. The van der Waals surface area contributed by atoms with E-state index < -0.39 is 0 Å². The Morgan fingerprint density at radius 1 is 1.09 bits per heavy atom. The first-order chi connectivity index (χ1) is 5.07. The van der Waals surface area contributed by atoms with Crippen LogP contribution >= 0.6 is 0 Å². The molecule has 0 rings (SSSR count). The van der Waals surface area contributed by atoms with Crippen molar-refractivity contribution in [1.29, 1.82) is 0 Å². The van der Waals surface area contributed by atoms with Gasteiger partial charge in [-0.25, -0.2) is 0 Å². The molecule has 0 amide bonds. The lowest BCUT2D eigenvalue weighted by Crippen LogP contribution is -1.79. The van der Waals surface area contributed by atoms with Gasteiger partial charge < -0.3 is 0 Å². The average Bonchev–Trinajstić information content (AvgIpc) is 1.99. The van der Waals surface area contributed by atoms with Crippen molar-refractivity contribution in [2.75, 3.05) is 0 Å². The Labute approximate surface area is 71.0 Å². The summed E-state index contributed by atoms with van der Waals surface area (Å²) in [4.78, 5) is 0. The fraction of sp³-hybridized carbons (Fsp3) is 0.636. The van der Waals surface area contributed by atoms with E-state index in [2.05, 4.69) is 40.7 Å². The van der Waals surface area contributed by atoms with Crippen molar-refractivity contribution < 1.29 is 0 Å². The normalized spacial score (nSPS) is 11.5. The highest BCUT2D eigenvalue weighted by atomic mass is 14.0. The van der Waals surface area contributed by atoms with Gasteiger partial charge in [-0.2, -0.15) is 0 Å². The highest BCUT2D eigenvalue weighted by molar-refractivity contribution is 5.13. The summed E-state index contributed by atoms with van der Waals surface area (Å²) >= 11 is 0. The van der Waals surface area contributed by atoms with Gasteiger partial charge in [-0.3, -0.25) is 0 Å². The molecule has 0 nitrogen and oxygen atoms in total. The van der Waals surface area contributed by atoms with E-state index in [1.54, 1.807) is 0 Å². The van der Waals surface area contributed by atoms with E-state index in [9.17, 15) is 0 Å². The summed E-state index contributed by atoms with van der Waals surface area (Å²) in [5.74, 6) is 0. The summed E-state index contributed by atoms with van der Waals surface area (Å²) in [5.41, 5.74) is 4.44. The minimum atomic E-state index is 1.13. The maximum absolute atomic E-state index is 2.32. The molecular formula is C11H20. The maximum Gasteiger partial charge on any atom is -0.0137 e. The summed E-state index contributed by atoms with van der Waals surface area (Å²) in [5, 5.41) is 0. The van der Waals surface area contributed by atoms with Gasteiger partial charge in [0.1, 0.15) is 0 Å². The van der Waals surface area contributed by atoms with Crippen LogP contribution in [0, 0.1) is 0 Å². The smallest absolute Gasteiger partial charge is 0.0137 e. The zero-order valence-electron chi connectivity index (χ0n) is 8.49. The Bertz CT molecular complexity index is 166. The van der Waals surface area contributed by atoms with Crippen LogP contribution in [0.4, 0.5) is 0 Å². The molecule has 0 heteroatoms. The molecule has 0 radical (unpaired) electrons. The third-order valence-corrected chi connectivity index (χ3v) is 2.17. The third kappa shape index (κ3) is 4.83. The van der Waals surface area contributed by atoms with Crippen LogP contribution in [-0.4, -0.2) is 0 Å². The van der Waals surface area contributed by atoms with Gasteiger partial charge in [0.2, 0.25) is 0 Å². The van der Waals surface area contributed by atoms with Crippen LogP contribution in [0.2, 0.25) is 0 Å². The minimum Gasteiger partial charge on any atom is -0.0816 e. The Kier molecular flexibility index (Phi) is 4.93. The maximum atomic E-state index is 2.32. The summed E-state index contributed by atoms with van der Waals surface area (Å²) in [6.45, 7) is 10.9. The Morgan fingerprint density at radius 3 is 2.00 bits per heavy atom. The van der Waals surface area contributed by atoms with Gasteiger partial charge in [0.15, 0.2) is 0 Å². The SMILES string of the molecule is CCC(C)=CCC(C)=C(C)C. The first-order valence-electron chi connectivity index (χ1n) is 4.36. The second kappa shape index (κ2) is 5.17. The second-order valence-electron chi connectivity index (χ2n) is 3.39. The second-order valence-corrected chi connectivity index (χ2v) is 3.39. The predicted molar refractivity (Wildman–Crippen MR) is 52.7 cm³/mol. The van der Waals surface area contributed by atoms with Crippen molar-refractivity contribution >= 4 is 0 Å². The van der Waals surface area contributed by atoms with Gasteiger partial charge >= 0.3 is 0 Å². The topological polar surface area (TPSA) is 0 Å². The molecule has 0 atom stereocenters. The van der Waals surface area contributed by atoms with E-state index in [0.29, 0.717) is 0 Å². The molecule has 0 aliphatic rings. The molecule has 0 aliphatic heterocycles. The van der Waals surface area contributed by atoms with Crippen LogP contribution in [-0.2, 0) is 0 Å². The first kappa shape index (κ1) is 10.5. The summed E-state index contributed by atoms with van der Waals surface area (Å²) in [7, 11) is 0. The first-order valence-corrected chi connectivity index (χ1v) is 4.36. The molecule has 0 aromatic heterocycles. The van der Waals surface area contributed by atoms with E-state index in [0.717, 1.165) is 6.42 Å². The van der Waals surface area contributed by atoms with E-state index in [4.69, 9.17) is 0 Å². The third-order valence-electron chi connectivity index (χ3n) is 2.17. The number of rotatable bonds is 3. The molecule has 0 N–H and O–H groups in total.